The van der Waals surface area contributed by atoms with Gasteiger partial charge in [-0.1, -0.05) is 36.4 Å². The number of carbonyl (C=O) groups is 2. The highest BCUT2D eigenvalue weighted by Crippen LogP contribution is 2.49. The van der Waals surface area contributed by atoms with E-state index in [2.05, 4.69) is 5.32 Å². The molecule has 0 radical (unpaired) electrons. The number of rotatable bonds is 4. The van der Waals surface area contributed by atoms with E-state index in [1.807, 2.05) is 48.5 Å². The Labute approximate surface area is 209 Å². The van der Waals surface area contributed by atoms with Crippen molar-refractivity contribution >= 4 is 23.1 Å². The molecule has 1 aliphatic heterocycles. The van der Waals surface area contributed by atoms with E-state index < -0.39 is 6.04 Å². The van der Waals surface area contributed by atoms with Gasteiger partial charge in [-0.2, -0.15) is 0 Å². The molecule has 0 aromatic heterocycles. The predicted octanol–water partition coefficient (Wildman–Crippen LogP) is 6.14. The van der Waals surface area contributed by atoms with Crippen molar-refractivity contribution in [2.45, 2.75) is 37.6 Å². The minimum atomic E-state index is -0.617. The van der Waals surface area contributed by atoms with Crippen LogP contribution in [0.2, 0.25) is 0 Å². The summed E-state index contributed by atoms with van der Waals surface area (Å²) in [6, 6.07) is 21.1. The number of anilines is 2. The number of methoxy groups -OCH3 is 1. The lowest BCUT2D eigenvalue weighted by molar-refractivity contribution is -0.120. The maximum atomic E-state index is 13.9. The van der Waals surface area contributed by atoms with Gasteiger partial charge in [0.25, 0.3) is 0 Å². The number of halogens is 1. The molecular formula is C30H27FN2O3. The molecule has 2 aliphatic carbocycles. The minimum absolute atomic E-state index is 0.000274. The topological polar surface area (TPSA) is 58.6 Å². The van der Waals surface area contributed by atoms with Gasteiger partial charge >= 0.3 is 0 Å². The number of benzene rings is 3. The van der Waals surface area contributed by atoms with Gasteiger partial charge in [0.2, 0.25) is 5.91 Å². The van der Waals surface area contributed by atoms with Crippen molar-refractivity contribution in [3.05, 3.63) is 101 Å². The summed E-state index contributed by atoms with van der Waals surface area (Å²) in [5.74, 6) is 0.385. The van der Waals surface area contributed by atoms with E-state index in [-0.39, 0.29) is 29.3 Å². The zero-order valence-corrected chi connectivity index (χ0v) is 20.0. The maximum absolute atomic E-state index is 13.9. The van der Waals surface area contributed by atoms with Crippen LogP contribution < -0.4 is 15.0 Å². The van der Waals surface area contributed by atoms with E-state index in [0.717, 1.165) is 46.8 Å². The highest BCUT2D eigenvalue weighted by molar-refractivity contribution is 6.07. The molecule has 182 valence electrons. The van der Waals surface area contributed by atoms with Crippen molar-refractivity contribution in [3.8, 4) is 5.75 Å². The average Bonchev–Trinajstić information content (AvgIpc) is 3.75. The lowest BCUT2D eigenvalue weighted by Crippen LogP contribution is -2.39. The van der Waals surface area contributed by atoms with Crippen molar-refractivity contribution in [2.24, 2.45) is 5.92 Å². The smallest absolute Gasteiger partial charge is 0.231 e. The van der Waals surface area contributed by atoms with Crippen LogP contribution in [0, 0.1) is 11.7 Å². The maximum Gasteiger partial charge on any atom is 0.231 e. The number of ether oxygens (including phenoxy) is 1. The molecule has 36 heavy (non-hydrogen) atoms. The third-order valence-corrected chi connectivity index (χ3v) is 7.43. The largest absolute Gasteiger partial charge is 0.497 e. The molecule has 5 nitrogen and oxygen atoms in total. The van der Waals surface area contributed by atoms with Crippen LogP contribution in [0.3, 0.4) is 0 Å². The number of amides is 1. The number of para-hydroxylation sites is 2. The zero-order valence-electron chi connectivity index (χ0n) is 20.0. The molecule has 3 aromatic carbocycles. The number of fused-ring (bicyclic) bond motifs is 1. The third kappa shape index (κ3) is 3.96. The standard InChI is InChI=1S/C30H27FN2O3/c1-36-23-14-10-18(11-15-23)21-16-25-28(27(34)17-21)29(19-8-12-22(31)13-9-19)33(30(35)20-6-7-20)26-5-3-2-4-24(26)32-25/h2-5,8-15,20-21,29,32H,6-7,16-17H2,1H3/t21-,29-/m1/s1. The van der Waals surface area contributed by atoms with Gasteiger partial charge in [-0.25, -0.2) is 4.39 Å². The van der Waals surface area contributed by atoms with E-state index in [1.54, 1.807) is 24.1 Å². The monoisotopic (exact) mass is 482 g/mol. The lowest BCUT2D eigenvalue weighted by atomic mass is 9.78. The van der Waals surface area contributed by atoms with Gasteiger partial charge in [-0.15, -0.1) is 0 Å². The van der Waals surface area contributed by atoms with E-state index in [4.69, 9.17) is 4.74 Å². The first-order valence-corrected chi connectivity index (χ1v) is 12.4. The number of hydrogen-bond donors (Lipinski definition) is 1. The van der Waals surface area contributed by atoms with E-state index in [1.165, 1.54) is 12.1 Å². The molecule has 0 bridgehead atoms. The molecule has 0 saturated heterocycles. The summed E-state index contributed by atoms with van der Waals surface area (Å²) in [5.41, 5.74) is 4.75. The van der Waals surface area contributed by atoms with E-state index in [0.29, 0.717) is 18.4 Å². The Kier molecular flexibility index (Phi) is 5.59. The molecule has 2 atom stereocenters. The number of Topliss-reactive ketones (excluding diaryl/α,β-unsaturated/α-hetero) is 1. The molecule has 3 aliphatic rings. The fourth-order valence-corrected chi connectivity index (χ4v) is 5.43. The van der Waals surface area contributed by atoms with Gasteiger partial charge in [0.1, 0.15) is 11.6 Å². The molecule has 1 heterocycles. The van der Waals surface area contributed by atoms with Crippen LogP contribution in [-0.2, 0) is 9.59 Å². The number of hydrogen-bond acceptors (Lipinski definition) is 4. The molecule has 0 spiro atoms. The second kappa shape index (κ2) is 8.94. The fourth-order valence-electron chi connectivity index (χ4n) is 5.43. The molecular weight excluding hydrogens is 455 g/mol. The molecule has 0 unspecified atom stereocenters. The Balaban J connectivity index is 1.50. The highest BCUT2D eigenvalue weighted by Gasteiger charge is 2.44. The highest BCUT2D eigenvalue weighted by atomic mass is 19.1. The minimum Gasteiger partial charge on any atom is -0.497 e. The second-order valence-electron chi connectivity index (χ2n) is 9.77. The van der Waals surface area contributed by atoms with E-state index in [9.17, 15) is 14.0 Å². The summed E-state index contributed by atoms with van der Waals surface area (Å²) in [5, 5.41) is 3.54. The number of ketones is 1. The molecule has 1 fully saturated rings. The van der Waals surface area contributed by atoms with Crippen LogP contribution >= 0.6 is 0 Å². The molecule has 3 aromatic rings. The first-order chi connectivity index (χ1) is 17.5. The van der Waals surface area contributed by atoms with Gasteiger partial charge in [0.15, 0.2) is 5.78 Å². The van der Waals surface area contributed by atoms with Crippen LogP contribution in [-0.4, -0.2) is 18.8 Å². The van der Waals surface area contributed by atoms with Gasteiger partial charge in [-0.3, -0.25) is 14.5 Å². The number of allylic oxidation sites excluding steroid dienone is 1. The summed E-state index contributed by atoms with van der Waals surface area (Å²) in [4.78, 5) is 29.4. The van der Waals surface area contributed by atoms with Gasteiger partial charge in [0, 0.05) is 23.6 Å². The van der Waals surface area contributed by atoms with Crippen LogP contribution in [0.15, 0.2) is 84.1 Å². The summed E-state index contributed by atoms with van der Waals surface area (Å²) in [6.45, 7) is 0. The SMILES string of the molecule is COc1ccc([C@H]2CC(=O)C3=C(C2)Nc2ccccc2N(C(=O)C2CC2)[C@@H]3c2ccc(F)cc2)cc1. The molecule has 6 rings (SSSR count). The quantitative estimate of drug-likeness (QED) is 0.485. The van der Waals surface area contributed by atoms with Crippen molar-refractivity contribution < 1.29 is 18.7 Å². The fraction of sp³-hybridized carbons (Fsp3) is 0.267. The first kappa shape index (κ1) is 22.5. The Hall–Kier alpha value is -3.93. The van der Waals surface area contributed by atoms with Crippen molar-refractivity contribution in [1.82, 2.24) is 0 Å². The van der Waals surface area contributed by atoms with Crippen molar-refractivity contribution in [3.63, 3.8) is 0 Å². The molecule has 1 amide bonds. The lowest BCUT2D eigenvalue weighted by Gasteiger charge is -2.35. The Morgan fingerprint density at radius 1 is 0.944 bits per heavy atom. The van der Waals surface area contributed by atoms with Crippen LogP contribution in [0.1, 0.15) is 48.8 Å². The van der Waals surface area contributed by atoms with Gasteiger partial charge in [0.05, 0.1) is 24.5 Å². The van der Waals surface area contributed by atoms with Crippen molar-refractivity contribution in [1.29, 1.82) is 0 Å². The normalized spacial score (nSPS) is 21.3. The first-order valence-electron chi connectivity index (χ1n) is 12.4. The second-order valence-corrected chi connectivity index (χ2v) is 9.77. The molecule has 1 N–H and O–H groups in total. The summed E-state index contributed by atoms with van der Waals surface area (Å²) in [7, 11) is 1.63. The number of nitrogens with zero attached hydrogens (tertiary/aromatic N) is 1. The van der Waals surface area contributed by atoms with E-state index >= 15 is 0 Å². The molecule has 6 heteroatoms. The Bertz CT molecular complexity index is 1360. The summed E-state index contributed by atoms with van der Waals surface area (Å²) < 4.78 is 19.2. The Morgan fingerprint density at radius 2 is 1.64 bits per heavy atom. The van der Waals surface area contributed by atoms with Crippen molar-refractivity contribution in [2.75, 3.05) is 17.3 Å². The number of nitrogens with one attached hydrogen (secondary N) is 1. The Morgan fingerprint density at radius 3 is 2.33 bits per heavy atom. The third-order valence-electron chi connectivity index (χ3n) is 7.43. The van der Waals surface area contributed by atoms with Crippen LogP contribution in [0.25, 0.3) is 0 Å². The number of carbonyl (C=O) groups excluding carboxylic acids is 2. The van der Waals surface area contributed by atoms with Gasteiger partial charge < -0.3 is 10.1 Å². The average molecular weight is 483 g/mol. The van der Waals surface area contributed by atoms with Crippen LogP contribution in [0.4, 0.5) is 15.8 Å². The van der Waals surface area contributed by atoms with Crippen LogP contribution in [0.5, 0.6) is 5.75 Å². The van der Waals surface area contributed by atoms with Gasteiger partial charge in [-0.05, 0) is 72.7 Å². The summed E-state index contributed by atoms with van der Waals surface area (Å²) in [6.07, 6.45) is 2.66. The zero-order chi connectivity index (χ0) is 24.8. The molecule has 1 saturated carbocycles. The predicted molar refractivity (Wildman–Crippen MR) is 136 cm³/mol. The summed E-state index contributed by atoms with van der Waals surface area (Å²) >= 11 is 0.